The molecule has 0 fully saturated rings. The van der Waals surface area contributed by atoms with E-state index in [0.717, 1.165) is 28.5 Å². The van der Waals surface area contributed by atoms with Gasteiger partial charge in [-0.05, 0) is 36.6 Å². The van der Waals surface area contributed by atoms with Gasteiger partial charge in [-0.25, -0.2) is 0 Å². The summed E-state index contributed by atoms with van der Waals surface area (Å²) >= 11 is 0. The summed E-state index contributed by atoms with van der Waals surface area (Å²) in [7, 11) is 1.98. The molecule has 0 aliphatic carbocycles. The molecule has 0 radical (unpaired) electrons. The van der Waals surface area contributed by atoms with E-state index >= 15 is 0 Å². The molecule has 0 saturated heterocycles. The number of ketones is 1. The third-order valence-corrected chi connectivity index (χ3v) is 5.85. The first-order chi connectivity index (χ1) is 14.4. The van der Waals surface area contributed by atoms with E-state index in [1.807, 2.05) is 48.2 Å². The zero-order valence-electron chi connectivity index (χ0n) is 17.3. The Morgan fingerprint density at radius 1 is 1.13 bits per heavy atom. The average molecular weight is 401 g/mol. The Labute approximate surface area is 174 Å². The summed E-state index contributed by atoms with van der Waals surface area (Å²) in [5.41, 5.74) is 3.40. The number of rotatable bonds is 3. The Morgan fingerprint density at radius 2 is 1.93 bits per heavy atom. The van der Waals surface area contributed by atoms with Gasteiger partial charge in [0.15, 0.2) is 5.76 Å². The standard InChI is InChI=1S/C25H23NO4/c1-14(2)10-15-12-22(27)29-20-9-8-18-24(28)21(30-25(18)23(15)20)11-16-13-26(3)19-7-5-4-6-17(16)19/h4-9,11,13-15H,10,12H2,1-3H3/b21-11-. The Hall–Kier alpha value is -3.34. The molecular weight excluding hydrogens is 378 g/mol. The molecule has 0 bridgehead atoms. The highest BCUT2D eigenvalue weighted by atomic mass is 16.5. The molecule has 0 amide bonds. The summed E-state index contributed by atoms with van der Waals surface area (Å²) in [6.45, 7) is 4.25. The first-order valence-corrected chi connectivity index (χ1v) is 10.3. The molecule has 5 heteroatoms. The second kappa shape index (κ2) is 6.87. The number of fused-ring (bicyclic) bond motifs is 4. The minimum Gasteiger partial charge on any atom is -0.452 e. The van der Waals surface area contributed by atoms with Gasteiger partial charge >= 0.3 is 5.97 Å². The fourth-order valence-electron chi connectivity index (χ4n) is 4.60. The van der Waals surface area contributed by atoms with Crippen LogP contribution in [0.2, 0.25) is 0 Å². The molecule has 3 heterocycles. The normalized spacial score (nSPS) is 19.2. The second-order valence-corrected chi connectivity index (χ2v) is 8.51. The number of esters is 1. The van der Waals surface area contributed by atoms with E-state index in [4.69, 9.17) is 9.47 Å². The number of benzene rings is 2. The number of aryl methyl sites for hydroxylation is 1. The Kier molecular flexibility index (Phi) is 4.28. The lowest BCUT2D eigenvalue weighted by Gasteiger charge is -2.27. The number of Topliss-reactive ketones (excluding diaryl/α,β-unsaturated/α-hetero) is 1. The monoisotopic (exact) mass is 401 g/mol. The first kappa shape index (κ1) is 18.7. The minimum atomic E-state index is -0.232. The fraction of sp³-hybridized carbons (Fsp3) is 0.280. The molecule has 5 rings (SSSR count). The van der Waals surface area contributed by atoms with Crippen LogP contribution in [0.25, 0.3) is 17.0 Å². The van der Waals surface area contributed by atoms with Crippen LogP contribution in [0, 0.1) is 5.92 Å². The molecule has 30 heavy (non-hydrogen) atoms. The molecule has 2 aliphatic rings. The van der Waals surface area contributed by atoms with Crippen LogP contribution in [0.5, 0.6) is 11.5 Å². The van der Waals surface area contributed by atoms with E-state index < -0.39 is 0 Å². The highest BCUT2D eigenvalue weighted by molar-refractivity contribution is 6.15. The highest BCUT2D eigenvalue weighted by Gasteiger charge is 2.38. The van der Waals surface area contributed by atoms with Crippen molar-refractivity contribution in [1.82, 2.24) is 4.57 Å². The summed E-state index contributed by atoms with van der Waals surface area (Å²) in [6, 6.07) is 11.5. The van der Waals surface area contributed by atoms with E-state index in [1.165, 1.54) is 0 Å². The minimum absolute atomic E-state index is 0.0131. The molecule has 1 unspecified atom stereocenters. The topological polar surface area (TPSA) is 57.5 Å². The van der Waals surface area contributed by atoms with Gasteiger partial charge in [0.25, 0.3) is 0 Å². The Bertz CT molecular complexity index is 1230. The third-order valence-electron chi connectivity index (χ3n) is 5.85. The van der Waals surface area contributed by atoms with Crippen LogP contribution in [-0.2, 0) is 11.8 Å². The number of nitrogens with zero attached hydrogens (tertiary/aromatic N) is 1. The zero-order chi connectivity index (χ0) is 21.0. The smallest absolute Gasteiger partial charge is 0.311 e. The van der Waals surface area contributed by atoms with E-state index in [2.05, 4.69) is 13.8 Å². The Balaban J connectivity index is 1.59. The molecule has 2 aliphatic heterocycles. The summed E-state index contributed by atoms with van der Waals surface area (Å²) in [5, 5.41) is 1.06. The molecule has 0 saturated carbocycles. The quantitative estimate of drug-likeness (QED) is 0.342. The number of hydrogen-bond donors (Lipinski definition) is 0. The predicted octanol–water partition coefficient (Wildman–Crippen LogP) is 5.23. The van der Waals surface area contributed by atoms with Gasteiger partial charge in [-0.1, -0.05) is 32.0 Å². The van der Waals surface area contributed by atoms with Gasteiger partial charge in [0.05, 0.1) is 12.0 Å². The van der Waals surface area contributed by atoms with Crippen molar-refractivity contribution in [2.24, 2.45) is 13.0 Å². The molecular formula is C25H23NO4. The number of para-hydroxylation sites is 1. The molecule has 152 valence electrons. The van der Waals surface area contributed by atoms with Crippen LogP contribution < -0.4 is 9.47 Å². The molecule has 2 aromatic carbocycles. The lowest BCUT2D eigenvalue weighted by Crippen LogP contribution is -2.21. The van der Waals surface area contributed by atoms with Gasteiger partial charge in [-0.2, -0.15) is 0 Å². The summed E-state index contributed by atoms with van der Waals surface area (Å²) in [6.07, 6.45) is 4.94. The van der Waals surface area contributed by atoms with Crippen molar-refractivity contribution in [2.45, 2.75) is 32.6 Å². The Morgan fingerprint density at radius 3 is 2.73 bits per heavy atom. The maximum absolute atomic E-state index is 13.1. The first-order valence-electron chi connectivity index (χ1n) is 10.3. The van der Waals surface area contributed by atoms with E-state index in [9.17, 15) is 9.59 Å². The fourth-order valence-corrected chi connectivity index (χ4v) is 4.60. The van der Waals surface area contributed by atoms with Crippen LogP contribution in [-0.4, -0.2) is 16.3 Å². The van der Waals surface area contributed by atoms with Gasteiger partial charge in [-0.3, -0.25) is 9.59 Å². The van der Waals surface area contributed by atoms with Gasteiger partial charge < -0.3 is 14.0 Å². The second-order valence-electron chi connectivity index (χ2n) is 8.51. The van der Waals surface area contributed by atoms with E-state index in [-0.39, 0.29) is 17.7 Å². The van der Waals surface area contributed by atoms with Crippen molar-refractivity contribution in [3.05, 3.63) is 65.0 Å². The van der Waals surface area contributed by atoms with Gasteiger partial charge in [0, 0.05) is 41.2 Å². The van der Waals surface area contributed by atoms with Crippen LogP contribution >= 0.6 is 0 Å². The number of ether oxygens (including phenoxy) is 2. The highest BCUT2D eigenvalue weighted by Crippen LogP contribution is 2.48. The zero-order valence-corrected chi connectivity index (χ0v) is 17.3. The van der Waals surface area contributed by atoms with Crippen LogP contribution in [0.3, 0.4) is 0 Å². The van der Waals surface area contributed by atoms with Crippen molar-refractivity contribution >= 4 is 28.7 Å². The summed E-state index contributed by atoms with van der Waals surface area (Å²) in [4.78, 5) is 25.2. The number of carbonyl (C=O) groups is 2. The molecule has 0 N–H and O–H groups in total. The van der Waals surface area contributed by atoms with Crippen LogP contribution in [0.1, 0.15) is 54.1 Å². The predicted molar refractivity (Wildman–Crippen MR) is 115 cm³/mol. The largest absolute Gasteiger partial charge is 0.452 e. The molecule has 0 spiro atoms. The van der Waals surface area contributed by atoms with Crippen molar-refractivity contribution in [3.63, 3.8) is 0 Å². The average Bonchev–Trinajstić information content (AvgIpc) is 3.18. The van der Waals surface area contributed by atoms with E-state index in [1.54, 1.807) is 12.1 Å². The van der Waals surface area contributed by atoms with Crippen LogP contribution in [0.15, 0.2) is 48.4 Å². The van der Waals surface area contributed by atoms with Crippen molar-refractivity contribution in [1.29, 1.82) is 0 Å². The van der Waals surface area contributed by atoms with Crippen molar-refractivity contribution in [2.75, 3.05) is 0 Å². The van der Waals surface area contributed by atoms with Gasteiger partial charge in [0.1, 0.15) is 11.5 Å². The van der Waals surface area contributed by atoms with Crippen LogP contribution in [0.4, 0.5) is 0 Å². The number of carbonyl (C=O) groups excluding carboxylic acids is 2. The number of aromatic nitrogens is 1. The third kappa shape index (κ3) is 2.93. The summed E-state index contributed by atoms with van der Waals surface area (Å²) in [5.74, 6) is 1.38. The number of hydrogen-bond acceptors (Lipinski definition) is 4. The lowest BCUT2D eigenvalue weighted by molar-refractivity contribution is -0.136. The molecule has 5 nitrogen and oxygen atoms in total. The SMILES string of the molecule is CC(C)CC1CC(=O)Oc2ccc3c(c21)O/C(=C\c1cn(C)c2ccccc12)C3=O. The van der Waals surface area contributed by atoms with Crippen molar-refractivity contribution < 1.29 is 19.1 Å². The van der Waals surface area contributed by atoms with Crippen molar-refractivity contribution in [3.8, 4) is 11.5 Å². The molecule has 1 aromatic heterocycles. The van der Waals surface area contributed by atoms with E-state index in [0.29, 0.717) is 35.2 Å². The van der Waals surface area contributed by atoms with Gasteiger partial charge in [-0.15, -0.1) is 0 Å². The maximum Gasteiger partial charge on any atom is 0.311 e. The lowest BCUT2D eigenvalue weighted by atomic mass is 9.84. The molecule has 1 atom stereocenters. The summed E-state index contributed by atoms with van der Waals surface area (Å²) < 4.78 is 13.6. The number of allylic oxidation sites excluding steroid dienone is 1. The molecule has 3 aromatic rings. The van der Waals surface area contributed by atoms with Gasteiger partial charge in [0.2, 0.25) is 5.78 Å². The maximum atomic E-state index is 13.1.